The SMILES string of the molecule is COC(=O)C[C@@H](O)c1cccc(OCc2ccc(-c3cc(OC)ccc3F)c(CC(C)(C)C)c2)c1. The molecule has 5 nitrogen and oxygen atoms in total. The number of halogens is 1. The first-order chi connectivity index (χ1) is 16.6. The summed E-state index contributed by atoms with van der Waals surface area (Å²) >= 11 is 0. The van der Waals surface area contributed by atoms with Gasteiger partial charge in [-0.15, -0.1) is 0 Å². The van der Waals surface area contributed by atoms with E-state index in [1.165, 1.54) is 13.2 Å². The highest BCUT2D eigenvalue weighted by molar-refractivity contribution is 5.70. The van der Waals surface area contributed by atoms with Gasteiger partial charge in [-0.3, -0.25) is 4.79 Å². The topological polar surface area (TPSA) is 65.0 Å². The van der Waals surface area contributed by atoms with Crippen molar-refractivity contribution in [3.05, 3.63) is 83.2 Å². The van der Waals surface area contributed by atoms with E-state index in [0.717, 1.165) is 23.1 Å². The van der Waals surface area contributed by atoms with E-state index in [0.29, 0.717) is 29.2 Å². The molecule has 0 bridgehead atoms. The molecule has 0 fully saturated rings. The predicted molar refractivity (Wildman–Crippen MR) is 134 cm³/mol. The maximum absolute atomic E-state index is 14.7. The monoisotopic (exact) mass is 480 g/mol. The largest absolute Gasteiger partial charge is 0.497 e. The summed E-state index contributed by atoms with van der Waals surface area (Å²) < 4.78 is 30.7. The van der Waals surface area contributed by atoms with Gasteiger partial charge in [0.25, 0.3) is 0 Å². The van der Waals surface area contributed by atoms with Crippen LogP contribution in [0.4, 0.5) is 4.39 Å². The van der Waals surface area contributed by atoms with Gasteiger partial charge in [0.15, 0.2) is 0 Å². The Morgan fingerprint density at radius 1 is 0.971 bits per heavy atom. The summed E-state index contributed by atoms with van der Waals surface area (Å²) in [4.78, 5) is 11.5. The van der Waals surface area contributed by atoms with E-state index in [2.05, 4.69) is 31.6 Å². The van der Waals surface area contributed by atoms with Crippen molar-refractivity contribution in [1.82, 2.24) is 0 Å². The Kier molecular flexibility index (Phi) is 8.52. The fraction of sp³-hybridized carbons (Fsp3) is 0.345. The Balaban J connectivity index is 1.85. The van der Waals surface area contributed by atoms with Crippen LogP contribution in [0, 0.1) is 11.2 Å². The van der Waals surface area contributed by atoms with Gasteiger partial charge in [0.2, 0.25) is 0 Å². The Hall–Kier alpha value is -3.38. The number of benzene rings is 3. The number of methoxy groups -OCH3 is 2. The zero-order chi connectivity index (χ0) is 25.6. The lowest BCUT2D eigenvalue weighted by Gasteiger charge is -2.22. The lowest BCUT2D eigenvalue weighted by atomic mass is 9.84. The van der Waals surface area contributed by atoms with Gasteiger partial charge in [-0.05, 0) is 64.4 Å². The molecular weight excluding hydrogens is 447 g/mol. The van der Waals surface area contributed by atoms with Gasteiger partial charge < -0.3 is 19.3 Å². The van der Waals surface area contributed by atoms with Crippen LogP contribution in [-0.4, -0.2) is 25.3 Å². The standard InChI is InChI=1S/C29H33FO5/c1-29(2,3)17-21-13-19(9-11-24(21)25-15-22(33-4)10-12-26(25)30)18-35-23-8-6-7-20(14-23)27(31)16-28(32)34-5/h6-15,27,31H,16-18H2,1-5H3/t27-/m1/s1. The molecule has 3 rings (SSSR count). The van der Waals surface area contributed by atoms with Gasteiger partial charge in [0, 0.05) is 5.56 Å². The van der Waals surface area contributed by atoms with E-state index < -0.39 is 12.1 Å². The number of rotatable bonds is 9. The molecule has 186 valence electrons. The Morgan fingerprint density at radius 2 is 1.74 bits per heavy atom. The second kappa shape index (κ2) is 11.4. The van der Waals surface area contributed by atoms with Crippen LogP contribution < -0.4 is 9.47 Å². The van der Waals surface area contributed by atoms with E-state index in [9.17, 15) is 14.3 Å². The molecule has 6 heteroatoms. The minimum atomic E-state index is -0.971. The third-order valence-electron chi connectivity index (χ3n) is 5.59. The zero-order valence-corrected chi connectivity index (χ0v) is 20.9. The molecule has 0 aliphatic carbocycles. The maximum atomic E-state index is 14.7. The molecule has 0 unspecified atom stereocenters. The normalized spacial score (nSPS) is 12.2. The first kappa shape index (κ1) is 26.2. The molecule has 0 aliphatic rings. The van der Waals surface area contributed by atoms with Gasteiger partial charge in [-0.2, -0.15) is 0 Å². The Bertz CT molecular complexity index is 1170. The molecule has 0 aromatic heterocycles. The minimum absolute atomic E-state index is 0.00627. The molecule has 0 aliphatic heterocycles. The van der Waals surface area contributed by atoms with Gasteiger partial charge >= 0.3 is 5.97 Å². The number of ether oxygens (including phenoxy) is 3. The summed E-state index contributed by atoms with van der Waals surface area (Å²) in [5.74, 6) is 0.395. The minimum Gasteiger partial charge on any atom is -0.497 e. The molecule has 3 aromatic carbocycles. The van der Waals surface area contributed by atoms with Crippen molar-refractivity contribution in [1.29, 1.82) is 0 Å². The average Bonchev–Trinajstić information content (AvgIpc) is 2.82. The first-order valence-electron chi connectivity index (χ1n) is 11.5. The van der Waals surface area contributed by atoms with Gasteiger partial charge in [-0.25, -0.2) is 4.39 Å². The van der Waals surface area contributed by atoms with Crippen molar-refractivity contribution in [3.63, 3.8) is 0 Å². The number of hydrogen-bond acceptors (Lipinski definition) is 5. The van der Waals surface area contributed by atoms with Gasteiger partial charge in [-0.1, -0.05) is 51.1 Å². The van der Waals surface area contributed by atoms with Crippen LogP contribution in [0.1, 0.15) is 50.0 Å². The number of hydrogen-bond donors (Lipinski definition) is 1. The Morgan fingerprint density at radius 3 is 2.43 bits per heavy atom. The average molecular weight is 481 g/mol. The highest BCUT2D eigenvalue weighted by Gasteiger charge is 2.18. The van der Waals surface area contributed by atoms with Crippen molar-refractivity contribution < 1.29 is 28.5 Å². The highest BCUT2D eigenvalue weighted by Crippen LogP contribution is 2.34. The summed E-state index contributed by atoms with van der Waals surface area (Å²) in [7, 11) is 2.85. The number of aliphatic hydroxyl groups excluding tert-OH is 1. The molecule has 0 saturated carbocycles. The number of carbonyl (C=O) groups excluding carboxylic acids is 1. The molecule has 3 aromatic rings. The van der Waals surface area contributed by atoms with E-state index in [1.807, 2.05) is 12.1 Å². The molecule has 35 heavy (non-hydrogen) atoms. The summed E-state index contributed by atoms with van der Waals surface area (Å²) in [6, 6.07) is 17.7. The smallest absolute Gasteiger partial charge is 0.308 e. The first-order valence-corrected chi connectivity index (χ1v) is 11.5. The lowest BCUT2D eigenvalue weighted by Crippen LogP contribution is -2.11. The van der Waals surface area contributed by atoms with Crippen molar-refractivity contribution in [2.24, 2.45) is 5.41 Å². The van der Waals surface area contributed by atoms with Crippen LogP contribution in [0.15, 0.2) is 60.7 Å². The van der Waals surface area contributed by atoms with Crippen molar-refractivity contribution in [2.75, 3.05) is 14.2 Å². The zero-order valence-electron chi connectivity index (χ0n) is 20.9. The van der Waals surface area contributed by atoms with Gasteiger partial charge in [0.05, 0.1) is 26.7 Å². The second-order valence-corrected chi connectivity index (χ2v) is 9.73. The predicted octanol–water partition coefficient (Wildman–Crippen LogP) is 6.27. The van der Waals surface area contributed by atoms with E-state index in [-0.39, 0.29) is 17.7 Å². The van der Waals surface area contributed by atoms with Crippen LogP contribution in [0.5, 0.6) is 11.5 Å². The lowest BCUT2D eigenvalue weighted by molar-refractivity contribution is -0.142. The quantitative estimate of drug-likeness (QED) is 0.366. The third-order valence-corrected chi connectivity index (χ3v) is 5.59. The van der Waals surface area contributed by atoms with Crippen molar-refractivity contribution >= 4 is 5.97 Å². The summed E-state index contributed by atoms with van der Waals surface area (Å²) in [5.41, 5.74) is 3.86. The van der Waals surface area contributed by atoms with Crippen molar-refractivity contribution in [3.8, 4) is 22.6 Å². The maximum Gasteiger partial charge on any atom is 0.308 e. The molecule has 0 saturated heterocycles. The number of carbonyl (C=O) groups is 1. The highest BCUT2D eigenvalue weighted by atomic mass is 19.1. The molecule has 0 spiro atoms. The van der Waals surface area contributed by atoms with E-state index in [1.54, 1.807) is 43.5 Å². The summed E-state index contributed by atoms with van der Waals surface area (Å²) in [6.45, 7) is 6.74. The van der Waals surface area contributed by atoms with Crippen molar-refractivity contribution in [2.45, 2.75) is 46.3 Å². The van der Waals surface area contributed by atoms with Crippen LogP contribution >= 0.6 is 0 Å². The van der Waals surface area contributed by atoms with Crippen LogP contribution in [-0.2, 0) is 22.6 Å². The molecule has 1 N–H and O–H groups in total. The second-order valence-electron chi connectivity index (χ2n) is 9.73. The molecule has 0 radical (unpaired) electrons. The number of esters is 1. The Labute approximate surface area is 206 Å². The third kappa shape index (κ3) is 7.30. The summed E-state index contributed by atoms with van der Waals surface area (Å²) in [5, 5.41) is 10.3. The molecule has 1 atom stereocenters. The summed E-state index contributed by atoms with van der Waals surface area (Å²) in [6.07, 6.45) is -0.345. The number of aliphatic hydroxyl groups is 1. The van der Waals surface area contributed by atoms with Crippen LogP contribution in [0.2, 0.25) is 0 Å². The van der Waals surface area contributed by atoms with E-state index >= 15 is 0 Å². The molecule has 0 heterocycles. The van der Waals surface area contributed by atoms with Crippen LogP contribution in [0.25, 0.3) is 11.1 Å². The fourth-order valence-corrected chi connectivity index (χ4v) is 3.89. The van der Waals surface area contributed by atoms with E-state index in [4.69, 9.17) is 9.47 Å². The molecular formula is C29H33FO5. The van der Waals surface area contributed by atoms with Gasteiger partial charge in [0.1, 0.15) is 23.9 Å². The fourth-order valence-electron chi connectivity index (χ4n) is 3.89. The molecule has 0 amide bonds. The van der Waals surface area contributed by atoms with Crippen LogP contribution in [0.3, 0.4) is 0 Å².